The fourth-order valence-electron chi connectivity index (χ4n) is 3.01. The third-order valence-electron chi connectivity index (χ3n) is 4.30. The first-order valence-corrected chi connectivity index (χ1v) is 8.63. The SMILES string of the molecule is CC1CCCn2cnnc2-c2cccc(n2)NC(=O)c2ccccc2O1. The molecule has 132 valence electrons. The molecule has 0 fully saturated rings. The van der Waals surface area contributed by atoms with E-state index in [9.17, 15) is 4.79 Å². The van der Waals surface area contributed by atoms with E-state index in [2.05, 4.69) is 20.5 Å². The lowest BCUT2D eigenvalue weighted by Gasteiger charge is -2.18. The van der Waals surface area contributed by atoms with Gasteiger partial charge in [0.25, 0.3) is 5.91 Å². The lowest BCUT2D eigenvalue weighted by Crippen LogP contribution is -2.19. The predicted molar refractivity (Wildman–Crippen MR) is 97.0 cm³/mol. The van der Waals surface area contributed by atoms with Crippen LogP contribution in [0.5, 0.6) is 5.75 Å². The quantitative estimate of drug-likeness (QED) is 0.674. The van der Waals surface area contributed by atoms with Gasteiger partial charge < -0.3 is 14.6 Å². The number of amides is 1. The van der Waals surface area contributed by atoms with Gasteiger partial charge in [0.2, 0.25) is 0 Å². The molecule has 7 heteroatoms. The van der Waals surface area contributed by atoms with Crippen LogP contribution in [-0.2, 0) is 6.54 Å². The van der Waals surface area contributed by atoms with E-state index in [0.29, 0.717) is 28.6 Å². The fraction of sp³-hybridized carbons (Fsp3) is 0.263. The maximum atomic E-state index is 12.7. The minimum Gasteiger partial charge on any atom is -0.490 e. The highest BCUT2D eigenvalue weighted by molar-refractivity contribution is 6.05. The van der Waals surface area contributed by atoms with Crippen molar-refractivity contribution in [2.24, 2.45) is 0 Å². The van der Waals surface area contributed by atoms with E-state index in [4.69, 9.17) is 4.74 Å². The lowest BCUT2D eigenvalue weighted by molar-refractivity contribution is 0.101. The molecule has 3 aromatic rings. The van der Waals surface area contributed by atoms with Crippen LogP contribution in [0.3, 0.4) is 0 Å². The number of fused-ring (bicyclic) bond motifs is 5. The summed E-state index contributed by atoms with van der Waals surface area (Å²) in [6.45, 7) is 2.79. The first-order chi connectivity index (χ1) is 12.7. The van der Waals surface area contributed by atoms with E-state index < -0.39 is 0 Å². The zero-order valence-corrected chi connectivity index (χ0v) is 14.4. The molecule has 2 aromatic heterocycles. The number of ether oxygens (including phenoxy) is 1. The third-order valence-corrected chi connectivity index (χ3v) is 4.30. The summed E-state index contributed by atoms with van der Waals surface area (Å²) in [6, 6.07) is 12.7. The Morgan fingerprint density at radius 1 is 1.19 bits per heavy atom. The second-order valence-electron chi connectivity index (χ2n) is 6.28. The maximum absolute atomic E-state index is 12.7. The molecule has 0 saturated heterocycles. The van der Waals surface area contributed by atoms with Crippen molar-refractivity contribution in [3.63, 3.8) is 0 Å². The molecular weight excluding hydrogens is 330 g/mol. The molecule has 1 amide bonds. The predicted octanol–water partition coefficient (Wildman–Crippen LogP) is 3.15. The number of rotatable bonds is 0. The highest BCUT2D eigenvalue weighted by Gasteiger charge is 2.17. The molecule has 4 rings (SSSR count). The van der Waals surface area contributed by atoms with E-state index in [1.165, 1.54) is 0 Å². The van der Waals surface area contributed by atoms with E-state index in [1.807, 2.05) is 41.8 Å². The highest BCUT2D eigenvalue weighted by Crippen LogP contribution is 2.23. The summed E-state index contributed by atoms with van der Waals surface area (Å²) in [5, 5.41) is 11.0. The number of nitrogens with zero attached hydrogens (tertiary/aromatic N) is 4. The van der Waals surface area contributed by atoms with Gasteiger partial charge in [-0.15, -0.1) is 10.2 Å². The molecule has 1 aliphatic rings. The molecule has 0 saturated carbocycles. The number of para-hydroxylation sites is 1. The van der Waals surface area contributed by atoms with E-state index in [0.717, 1.165) is 19.4 Å². The van der Waals surface area contributed by atoms with Crippen LogP contribution in [0.1, 0.15) is 30.1 Å². The van der Waals surface area contributed by atoms with Crippen LogP contribution in [-0.4, -0.2) is 31.8 Å². The number of hydrogen-bond acceptors (Lipinski definition) is 5. The summed E-state index contributed by atoms with van der Waals surface area (Å²) in [7, 11) is 0. The average molecular weight is 349 g/mol. The van der Waals surface area contributed by atoms with Gasteiger partial charge in [0.05, 0.1) is 11.7 Å². The summed E-state index contributed by atoms with van der Waals surface area (Å²) in [5.74, 6) is 1.47. The van der Waals surface area contributed by atoms with Crippen molar-refractivity contribution in [3.8, 4) is 17.3 Å². The Bertz CT molecular complexity index is 937. The maximum Gasteiger partial charge on any atom is 0.260 e. The van der Waals surface area contributed by atoms with Crippen LogP contribution in [0.25, 0.3) is 11.5 Å². The summed E-state index contributed by atoms with van der Waals surface area (Å²) in [6.07, 6.45) is 3.44. The van der Waals surface area contributed by atoms with Gasteiger partial charge in [0, 0.05) is 6.54 Å². The number of pyridine rings is 1. The largest absolute Gasteiger partial charge is 0.490 e. The Balaban J connectivity index is 1.75. The number of carbonyl (C=O) groups is 1. The van der Waals surface area contributed by atoms with Crippen molar-refractivity contribution in [1.29, 1.82) is 0 Å². The molecule has 7 nitrogen and oxygen atoms in total. The molecule has 26 heavy (non-hydrogen) atoms. The topological polar surface area (TPSA) is 81.9 Å². The van der Waals surface area contributed by atoms with E-state index in [-0.39, 0.29) is 12.0 Å². The molecule has 1 unspecified atom stereocenters. The molecule has 3 heterocycles. The van der Waals surface area contributed by atoms with Crippen molar-refractivity contribution < 1.29 is 9.53 Å². The minimum atomic E-state index is -0.254. The second-order valence-corrected chi connectivity index (χ2v) is 6.28. The van der Waals surface area contributed by atoms with Crippen molar-refractivity contribution >= 4 is 11.7 Å². The van der Waals surface area contributed by atoms with Crippen LogP contribution >= 0.6 is 0 Å². The van der Waals surface area contributed by atoms with Crippen LogP contribution in [0.2, 0.25) is 0 Å². The Hall–Kier alpha value is -3.22. The van der Waals surface area contributed by atoms with Gasteiger partial charge in [-0.25, -0.2) is 4.98 Å². The van der Waals surface area contributed by atoms with E-state index >= 15 is 0 Å². The van der Waals surface area contributed by atoms with Crippen molar-refractivity contribution in [2.75, 3.05) is 5.32 Å². The molecule has 1 aromatic carbocycles. The van der Waals surface area contributed by atoms with Crippen LogP contribution in [0.4, 0.5) is 5.82 Å². The number of hydrogen-bond donors (Lipinski definition) is 1. The lowest BCUT2D eigenvalue weighted by atomic mass is 10.1. The zero-order chi connectivity index (χ0) is 17.9. The molecule has 1 atom stereocenters. The van der Waals surface area contributed by atoms with Gasteiger partial charge in [-0.2, -0.15) is 0 Å². The Labute approximate surface area is 151 Å². The van der Waals surface area contributed by atoms with Gasteiger partial charge in [0.15, 0.2) is 5.82 Å². The summed E-state index contributed by atoms with van der Waals surface area (Å²) < 4.78 is 7.99. The van der Waals surface area contributed by atoms with Crippen molar-refractivity contribution in [3.05, 3.63) is 54.4 Å². The number of nitrogens with one attached hydrogen (secondary N) is 1. The van der Waals surface area contributed by atoms with Gasteiger partial charge >= 0.3 is 0 Å². The average Bonchev–Trinajstić information content (AvgIpc) is 3.10. The van der Waals surface area contributed by atoms with Gasteiger partial charge in [-0.3, -0.25) is 4.79 Å². The summed E-state index contributed by atoms with van der Waals surface area (Å²) in [4.78, 5) is 17.2. The minimum absolute atomic E-state index is 0.0113. The second kappa shape index (κ2) is 6.95. The zero-order valence-electron chi connectivity index (χ0n) is 14.4. The molecule has 0 spiro atoms. The summed E-state index contributed by atoms with van der Waals surface area (Å²) in [5.41, 5.74) is 1.17. The number of aromatic nitrogens is 4. The molecule has 0 aliphatic carbocycles. The third kappa shape index (κ3) is 3.28. The van der Waals surface area contributed by atoms with Crippen LogP contribution in [0.15, 0.2) is 48.8 Å². The number of anilines is 1. The van der Waals surface area contributed by atoms with Crippen molar-refractivity contribution in [2.45, 2.75) is 32.4 Å². The number of benzene rings is 1. The molecule has 0 radical (unpaired) electrons. The van der Waals surface area contributed by atoms with Gasteiger partial charge in [0.1, 0.15) is 23.6 Å². The molecule has 1 aliphatic heterocycles. The first-order valence-electron chi connectivity index (χ1n) is 8.63. The van der Waals surface area contributed by atoms with Crippen LogP contribution < -0.4 is 10.1 Å². The van der Waals surface area contributed by atoms with Gasteiger partial charge in [-0.05, 0) is 44.0 Å². The normalized spacial score (nSPS) is 17.3. The first kappa shape index (κ1) is 16.3. The van der Waals surface area contributed by atoms with Gasteiger partial charge in [-0.1, -0.05) is 18.2 Å². The van der Waals surface area contributed by atoms with E-state index in [1.54, 1.807) is 18.5 Å². The Morgan fingerprint density at radius 2 is 2.08 bits per heavy atom. The highest BCUT2D eigenvalue weighted by atomic mass is 16.5. The Kier molecular flexibility index (Phi) is 4.35. The molecular formula is C19H19N5O2. The van der Waals surface area contributed by atoms with Crippen molar-refractivity contribution in [1.82, 2.24) is 19.7 Å². The standard InChI is InChI=1S/C19H19N5O2/c1-13-6-5-11-24-12-20-23-18(24)15-8-4-10-17(21-15)22-19(25)14-7-2-3-9-16(14)26-13/h2-4,7-10,12-13H,5-6,11H2,1H3,(H,21,22,25). The molecule has 1 N–H and O–H groups in total. The monoisotopic (exact) mass is 349 g/mol. The smallest absolute Gasteiger partial charge is 0.260 e. The molecule has 2 bridgehead atoms. The number of aryl methyl sites for hydroxylation is 1. The fourth-order valence-corrected chi connectivity index (χ4v) is 3.01. The summed E-state index contributed by atoms with van der Waals surface area (Å²) >= 11 is 0. The van der Waals surface area contributed by atoms with Crippen LogP contribution in [0, 0.1) is 0 Å². The Morgan fingerprint density at radius 3 is 3.00 bits per heavy atom. The number of carbonyl (C=O) groups excluding carboxylic acids is 1.